The molecule has 6 heteroatoms. The molecule has 0 fully saturated rings. The Morgan fingerprint density at radius 2 is 1.86 bits per heavy atom. The van der Waals surface area contributed by atoms with E-state index >= 15 is 0 Å². The van der Waals surface area contributed by atoms with Gasteiger partial charge in [-0.05, 0) is 6.07 Å². The van der Waals surface area contributed by atoms with Crippen LogP contribution in [0.25, 0.3) is 21.9 Å². The van der Waals surface area contributed by atoms with Gasteiger partial charge in [0.1, 0.15) is 11.1 Å². The van der Waals surface area contributed by atoms with E-state index in [-0.39, 0.29) is 33.7 Å². The first-order valence-electron chi connectivity index (χ1n) is 6.18. The van der Waals surface area contributed by atoms with Gasteiger partial charge < -0.3 is 18.3 Å². The van der Waals surface area contributed by atoms with Crippen LogP contribution >= 0.6 is 0 Å². The van der Waals surface area contributed by atoms with Crippen molar-refractivity contribution < 1.29 is 23.1 Å². The second-order valence-electron chi connectivity index (χ2n) is 4.47. The molecule has 0 saturated heterocycles. The van der Waals surface area contributed by atoms with Crippen molar-refractivity contribution in [3.05, 3.63) is 34.4 Å². The molecule has 0 amide bonds. The van der Waals surface area contributed by atoms with Crippen LogP contribution in [0.3, 0.4) is 0 Å². The van der Waals surface area contributed by atoms with Crippen molar-refractivity contribution in [2.75, 3.05) is 14.2 Å². The minimum absolute atomic E-state index is 0.0428. The van der Waals surface area contributed by atoms with Crippen LogP contribution in [0.2, 0.25) is 0 Å². The summed E-state index contributed by atoms with van der Waals surface area (Å²) >= 11 is 0. The highest BCUT2D eigenvalue weighted by atomic mass is 16.5. The van der Waals surface area contributed by atoms with E-state index in [1.807, 2.05) is 0 Å². The Hall–Kier alpha value is -2.76. The fraction of sp³-hybridized carbons (Fsp3) is 0.200. The monoisotopic (exact) mass is 288 g/mol. The smallest absolute Gasteiger partial charge is 0.206 e. The van der Waals surface area contributed by atoms with E-state index in [0.29, 0.717) is 16.7 Å². The van der Waals surface area contributed by atoms with Gasteiger partial charge in [-0.25, -0.2) is 0 Å². The number of carbonyl (C=O) groups excluding carboxylic acids is 1. The van der Waals surface area contributed by atoms with Crippen molar-refractivity contribution in [2.24, 2.45) is 0 Å². The molecule has 0 radical (unpaired) electrons. The molecule has 2 heterocycles. The number of ether oxygens (including phenoxy) is 2. The van der Waals surface area contributed by atoms with Gasteiger partial charge in [-0.1, -0.05) is 0 Å². The first-order chi connectivity index (χ1) is 10.1. The highest BCUT2D eigenvalue weighted by Gasteiger charge is 2.23. The molecule has 1 aromatic carbocycles. The van der Waals surface area contributed by atoms with Gasteiger partial charge in [0.05, 0.1) is 25.9 Å². The fourth-order valence-corrected chi connectivity index (χ4v) is 2.34. The summed E-state index contributed by atoms with van der Waals surface area (Å²) in [4.78, 5) is 23.8. The molecule has 0 aliphatic carbocycles. The summed E-state index contributed by atoms with van der Waals surface area (Å²) in [5, 5.41) is 0.818. The van der Waals surface area contributed by atoms with E-state index in [2.05, 4.69) is 0 Å². The molecule has 0 spiro atoms. The van der Waals surface area contributed by atoms with E-state index in [9.17, 15) is 9.59 Å². The van der Waals surface area contributed by atoms with E-state index in [1.165, 1.54) is 27.4 Å². The van der Waals surface area contributed by atoms with Gasteiger partial charge in [-0.3, -0.25) is 9.59 Å². The van der Waals surface area contributed by atoms with Crippen molar-refractivity contribution in [1.29, 1.82) is 0 Å². The van der Waals surface area contributed by atoms with Crippen LogP contribution in [-0.2, 0) is 0 Å². The molecular formula is C15H12O6. The van der Waals surface area contributed by atoms with Crippen molar-refractivity contribution in [3.8, 4) is 11.5 Å². The molecule has 108 valence electrons. The number of Topliss-reactive ketones (excluding diaryl/α,β-unsaturated/α-hetero) is 1. The maximum absolute atomic E-state index is 12.3. The van der Waals surface area contributed by atoms with Crippen LogP contribution in [0.1, 0.15) is 17.5 Å². The number of hydrogen-bond acceptors (Lipinski definition) is 6. The topological polar surface area (TPSA) is 78.9 Å². The standard InChI is InChI=1S/C15H12O6/c1-7(16)10-6-9(17)11-12(18-2)8-4-5-20-13(8)15(19-3)14(11)21-10/h4-6H,1-3H3. The summed E-state index contributed by atoms with van der Waals surface area (Å²) in [5.41, 5.74) is 0.153. The number of benzene rings is 1. The van der Waals surface area contributed by atoms with Crippen LogP contribution in [0.15, 0.2) is 32.0 Å². The molecule has 0 saturated carbocycles. The zero-order chi connectivity index (χ0) is 15.1. The van der Waals surface area contributed by atoms with E-state index in [4.69, 9.17) is 18.3 Å². The Morgan fingerprint density at radius 3 is 2.48 bits per heavy atom. The Morgan fingerprint density at radius 1 is 1.14 bits per heavy atom. The number of hydrogen-bond donors (Lipinski definition) is 0. The van der Waals surface area contributed by atoms with Gasteiger partial charge >= 0.3 is 0 Å². The van der Waals surface area contributed by atoms with Crippen LogP contribution in [0.5, 0.6) is 11.5 Å². The third-order valence-corrected chi connectivity index (χ3v) is 3.25. The largest absolute Gasteiger partial charge is 0.495 e. The summed E-state index contributed by atoms with van der Waals surface area (Å²) < 4.78 is 21.5. The van der Waals surface area contributed by atoms with Crippen LogP contribution in [0.4, 0.5) is 0 Å². The quantitative estimate of drug-likeness (QED) is 0.689. The number of carbonyl (C=O) groups is 1. The van der Waals surface area contributed by atoms with Crippen LogP contribution in [-0.4, -0.2) is 20.0 Å². The lowest BCUT2D eigenvalue weighted by Crippen LogP contribution is -2.07. The maximum Gasteiger partial charge on any atom is 0.206 e. The number of rotatable bonds is 3. The molecular weight excluding hydrogens is 276 g/mol. The van der Waals surface area contributed by atoms with Crippen LogP contribution in [0, 0.1) is 0 Å². The lowest BCUT2D eigenvalue weighted by molar-refractivity contribution is 0.0987. The first-order valence-corrected chi connectivity index (χ1v) is 6.18. The van der Waals surface area contributed by atoms with Crippen molar-refractivity contribution in [3.63, 3.8) is 0 Å². The molecule has 0 N–H and O–H groups in total. The zero-order valence-corrected chi connectivity index (χ0v) is 11.7. The molecule has 6 nitrogen and oxygen atoms in total. The van der Waals surface area contributed by atoms with E-state index < -0.39 is 0 Å². The SMILES string of the molecule is COc1c2occc2c(OC)c2c(=O)cc(C(C)=O)oc12. The average molecular weight is 288 g/mol. The molecule has 0 unspecified atom stereocenters. The molecule has 0 aliphatic rings. The summed E-state index contributed by atoms with van der Waals surface area (Å²) in [6.07, 6.45) is 1.46. The van der Waals surface area contributed by atoms with Gasteiger partial charge in [0.2, 0.25) is 5.75 Å². The molecule has 2 aromatic heterocycles. The maximum atomic E-state index is 12.3. The summed E-state index contributed by atoms with van der Waals surface area (Å²) in [7, 11) is 2.88. The lowest BCUT2D eigenvalue weighted by Gasteiger charge is -2.10. The number of methoxy groups -OCH3 is 2. The van der Waals surface area contributed by atoms with Crippen molar-refractivity contribution in [2.45, 2.75) is 6.92 Å². The molecule has 3 rings (SSSR count). The highest BCUT2D eigenvalue weighted by molar-refractivity contribution is 6.07. The van der Waals surface area contributed by atoms with Crippen LogP contribution < -0.4 is 14.9 Å². The number of fused-ring (bicyclic) bond motifs is 2. The zero-order valence-electron chi connectivity index (χ0n) is 11.7. The van der Waals surface area contributed by atoms with Crippen molar-refractivity contribution >= 4 is 27.7 Å². The molecule has 21 heavy (non-hydrogen) atoms. The van der Waals surface area contributed by atoms with Gasteiger partial charge in [-0.15, -0.1) is 0 Å². The Kier molecular flexibility index (Phi) is 2.94. The third-order valence-electron chi connectivity index (χ3n) is 3.25. The van der Waals surface area contributed by atoms with Gasteiger partial charge in [0.15, 0.2) is 28.1 Å². The van der Waals surface area contributed by atoms with Gasteiger partial charge in [0, 0.05) is 13.0 Å². The van der Waals surface area contributed by atoms with E-state index in [1.54, 1.807) is 6.07 Å². The van der Waals surface area contributed by atoms with E-state index in [0.717, 1.165) is 6.07 Å². The minimum Gasteiger partial charge on any atom is -0.495 e. The fourth-order valence-electron chi connectivity index (χ4n) is 2.34. The predicted molar refractivity (Wildman–Crippen MR) is 75.4 cm³/mol. The van der Waals surface area contributed by atoms with Gasteiger partial charge in [0.25, 0.3) is 0 Å². The summed E-state index contributed by atoms with van der Waals surface area (Å²) in [6, 6.07) is 2.83. The number of furan rings is 1. The van der Waals surface area contributed by atoms with Crippen molar-refractivity contribution in [1.82, 2.24) is 0 Å². The second-order valence-corrected chi connectivity index (χ2v) is 4.47. The van der Waals surface area contributed by atoms with Gasteiger partial charge in [-0.2, -0.15) is 0 Å². The molecule has 0 atom stereocenters. The Balaban J connectivity index is 2.62. The summed E-state index contributed by atoms with van der Waals surface area (Å²) in [5.74, 6) is 0.192. The second kappa shape index (κ2) is 4.66. The highest BCUT2D eigenvalue weighted by Crippen LogP contribution is 2.41. The predicted octanol–water partition coefficient (Wildman–Crippen LogP) is 2.76. The average Bonchev–Trinajstić information content (AvgIpc) is 2.93. The molecule has 0 aliphatic heterocycles. The first kappa shape index (κ1) is 13.2. The third kappa shape index (κ3) is 1.79. The minimum atomic E-state index is -0.375. The Labute approximate surface area is 118 Å². The molecule has 0 bridgehead atoms. The number of ketones is 1. The normalized spacial score (nSPS) is 11.0. The summed E-state index contributed by atoms with van der Waals surface area (Å²) in [6.45, 7) is 1.32. The molecule has 3 aromatic rings. The Bertz CT molecular complexity index is 915. The lowest BCUT2D eigenvalue weighted by atomic mass is 10.1.